The molecule has 2 atom stereocenters. The first kappa shape index (κ1) is 13.6. The summed E-state index contributed by atoms with van der Waals surface area (Å²) in [4.78, 5) is 12.1. The average Bonchev–Trinajstić information content (AvgIpc) is 2.99. The molecule has 0 bridgehead atoms. The summed E-state index contributed by atoms with van der Waals surface area (Å²) in [6.45, 7) is 1.88. The molecule has 2 N–H and O–H groups in total. The summed E-state index contributed by atoms with van der Waals surface area (Å²) in [5.41, 5.74) is 2.84. The van der Waals surface area contributed by atoms with Gasteiger partial charge in [0.1, 0.15) is 0 Å². The van der Waals surface area contributed by atoms with Gasteiger partial charge in [0.05, 0.1) is 0 Å². The Labute approximate surface area is 121 Å². The minimum atomic E-state index is 0.209. The molecule has 3 nitrogen and oxygen atoms in total. The maximum absolute atomic E-state index is 12.1. The summed E-state index contributed by atoms with van der Waals surface area (Å²) in [5, 5.41) is 6.52. The van der Waals surface area contributed by atoms with Crippen LogP contribution in [0.15, 0.2) is 24.3 Å². The number of hydrogen-bond acceptors (Lipinski definition) is 2. The van der Waals surface area contributed by atoms with Crippen molar-refractivity contribution in [3.8, 4) is 0 Å². The Kier molecular flexibility index (Phi) is 4.36. The molecule has 1 heterocycles. The number of fused-ring (bicyclic) bond motifs is 1. The van der Waals surface area contributed by atoms with E-state index in [9.17, 15) is 4.79 Å². The van der Waals surface area contributed by atoms with Crippen molar-refractivity contribution in [2.45, 2.75) is 50.5 Å². The first-order valence-electron chi connectivity index (χ1n) is 7.91. The number of carbonyl (C=O) groups is 1. The molecule has 0 aromatic heterocycles. The van der Waals surface area contributed by atoms with Crippen LogP contribution in [0.5, 0.6) is 0 Å². The van der Waals surface area contributed by atoms with Crippen molar-refractivity contribution in [3.63, 3.8) is 0 Å². The number of carbonyl (C=O) groups excluding carboxylic acids is 1. The molecule has 1 aliphatic carbocycles. The molecule has 1 aromatic rings. The van der Waals surface area contributed by atoms with E-state index < -0.39 is 0 Å². The Balaban J connectivity index is 1.54. The zero-order valence-corrected chi connectivity index (χ0v) is 12.0. The molecular formula is C17H24N2O. The van der Waals surface area contributed by atoms with E-state index in [1.54, 1.807) is 0 Å². The summed E-state index contributed by atoms with van der Waals surface area (Å²) >= 11 is 0. The largest absolute Gasteiger partial charge is 0.355 e. The van der Waals surface area contributed by atoms with Gasteiger partial charge in [-0.15, -0.1) is 0 Å². The molecule has 1 aromatic carbocycles. The smallest absolute Gasteiger partial charge is 0.220 e. The fraction of sp³-hybridized carbons (Fsp3) is 0.588. The van der Waals surface area contributed by atoms with E-state index in [2.05, 4.69) is 34.9 Å². The molecule has 3 heteroatoms. The first-order valence-corrected chi connectivity index (χ1v) is 7.91. The molecule has 2 aliphatic rings. The van der Waals surface area contributed by atoms with Gasteiger partial charge in [0.15, 0.2) is 0 Å². The fourth-order valence-electron chi connectivity index (χ4n) is 3.53. The number of nitrogens with one attached hydrogen (secondary N) is 2. The van der Waals surface area contributed by atoms with Crippen LogP contribution >= 0.6 is 0 Å². The molecule has 0 spiro atoms. The van der Waals surface area contributed by atoms with Gasteiger partial charge in [0, 0.05) is 19.0 Å². The fourth-order valence-corrected chi connectivity index (χ4v) is 3.53. The number of benzene rings is 1. The van der Waals surface area contributed by atoms with Crippen LogP contribution in [0.1, 0.15) is 49.1 Å². The van der Waals surface area contributed by atoms with Gasteiger partial charge in [0.25, 0.3) is 0 Å². The third-order valence-corrected chi connectivity index (χ3v) is 4.63. The molecule has 0 radical (unpaired) electrons. The van der Waals surface area contributed by atoms with E-state index in [-0.39, 0.29) is 5.91 Å². The topological polar surface area (TPSA) is 41.1 Å². The molecule has 1 fully saturated rings. The number of hydrogen-bond donors (Lipinski definition) is 2. The average molecular weight is 272 g/mol. The second-order valence-electron chi connectivity index (χ2n) is 6.09. The number of aryl methyl sites for hydroxylation is 1. The molecule has 2 unspecified atom stereocenters. The maximum atomic E-state index is 12.1. The monoisotopic (exact) mass is 272 g/mol. The Hall–Kier alpha value is -1.35. The van der Waals surface area contributed by atoms with E-state index in [1.165, 1.54) is 36.8 Å². The summed E-state index contributed by atoms with van der Waals surface area (Å²) in [7, 11) is 0. The molecule has 1 amide bonds. The standard InChI is InChI=1S/C17H24N2O/c20-17(19-12-15-8-4-10-18-15)11-14-7-3-6-13-5-1-2-9-16(13)14/h1-2,5,9,14-15,18H,3-4,6-8,10-12H2,(H,19,20). The zero-order chi connectivity index (χ0) is 13.8. The Bertz CT molecular complexity index is 466. The highest BCUT2D eigenvalue weighted by atomic mass is 16.1. The molecule has 20 heavy (non-hydrogen) atoms. The second-order valence-corrected chi connectivity index (χ2v) is 6.09. The summed E-state index contributed by atoms with van der Waals surface area (Å²) < 4.78 is 0. The highest BCUT2D eigenvalue weighted by Gasteiger charge is 2.22. The molecule has 0 saturated carbocycles. The highest BCUT2D eigenvalue weighted by Crippen LogP contribution is 2.33. The van der Waals surface area contributed by atoms with Crippen LogP contribution in [-0.4, -0.2) is 25.0 Å². The van der Waals surface area contributed by atoms with Crippen LogP contribution in [0, 0.1) is 0 Å². The third kappa shape index (κ3) is 3.21. The van der Waals surface area contributed by atoms with E-state index in [4.69, 9.17) is 0 Å². The van der Waals surface area contributed by atoms with E-state index in [1.807, 2.05) is 0 Å². The normalized spacial score (nSPS) is 25.2. The van der Waals surface area contributed by atoms with E-state index >= 15 is 0 Å². The van der Waals surface area contributed by atoms with Crippen molar-refractivity contribution < 1.29 is 4.79 Å². The quantitative estimate of drug-likeness (QED) is 0.883. The predicted molar refractivity (Wildman–Crippen MR) is 80.8 cm³/mol. The molecule has 1 saturated heterocycles. The van der Waals surface area contributed by atoms with Gasteiger partial charge in [-0.1, -0.05) is 24.3 Å². The Morgan fingerprint density at radius 1 is 1.25 bits per heavy atom. The lowest BCUT2D eigenvalue weighted by atomic mass is 9.81. The van der Waals surface area contributed by atoms with Crippen LogP contribution in [0.3, 0.4) is 0 Å². The minimum absolute atomic E-state index is 0.209. The minimum Gasteiger partial charge on any atom is -0.355 e. The van der Waals surface area contributed by atoms with Gasteiger partial charge in [-0.3, -0.25) is 4.79 Å². The van der Waals surface area contributed by atoms with Crippen LogP contribution < -0.4 is 10.6 Å². The SMILES string of the molecule is O=C(CC1CCCc2ccccc21)NCC1CCCN1. The van der Waals surface area contributed by atoms with Crippen molar-refractivity contribution in [1.29, 1.82) is 0 Å². The highest BCUT2D eigenvalue weighted by molar-refractivity contribution is 5.77. The van der Waals surface area contributed by atoms with E-state index in [0.717, 1.165) is 19.5 Å². The lowest BCUT2D eigenvalue weighted by molar-refractivity contribution is -0.121. The molecule has 1 aliphatic heterocycles. The van der Waals surface area contributed by atoms with Crippen molar-refractivity contribution >= 4 is 5.91 Å². The second kappa shape index (κ2) is 6.40. The van der Waals surface area contributed by atoms with Crippen molar-refractivity contribution in [2.24, 2.45) is 0 Å². The molecule has 108 valence electrons. The van der Waals surface area contributed by atoms with Gasteiger partial charge in [-0.05, 0) is 55.7 Å². The summed E-state index contributed by atoms with van der Waals surface area (Å²) in [6, 6.07) is 9.09. The number of amides is 1. The third-order valence-electron chi connectivity index (χ3n) is 4.63. The maximum Gasteiger partial charge on any atom is 0.220 e. The van der Waals surface area contributed by atoms with Gasteiger partial charge in [-0.25, -0.2) is 0 Å². The van der Waals surface area contributed by atoms with Crippen LogP contribution in [0.4, 0.5) is 0 Å². The molecule has 3 rings (SSSR count). The lowest BCUT2D eigenvalue weighted by Crippen LogP contribution is -2.37. The van der Waals surface area contributed by atoms with Gasteiger partial charge < -0.3 is 10.6 Å². The van der Waals surface area contributed by atoms with Crippen LogP contribution in [-0.2, 0) is 11.2 Å². The Morgan fingerprint density at radius 3 is 3.00 bits per heavy atom. The zero-order valence-electron chi connectivity index (χ0n) is 12.0. The summed E-state index contributed by atoms with van der Waals surface area (Å²) in [6.07, 6.45) is 6.58. The van der Waals surface area contributed by atoms with Crippen LogP contribution in [0.2, 0.25) is 0 Å². The van der Waals surface area contributed by atoms with Crippen molar-refractivity contribution in [2.75, 3.05) is 13.1 Å². The van der Waals surface area contributed by atoms with Crippen molar-refractivity contribution in [1.82, 2.24) is 10.6 Å². The summed E-state index contributed by atoms with van der Waals surface area (Å²) in [5.74, 6) is 0.622. The van der Waals surface area contributed by atoms with E-state index in [0.29, 0.717) is 18.4 Å². The van der Waals surface area contributed by atoms with Gasteiger partial charge in [-0.2, -0.15) is 0 Å². The van der Waals surface area contributed by atoms with Gasteiger partial charge in [0.2, 0.25) is 5.91 Å². The Morgan fingerprint density at radius 2 is 2.15 bits per heavy atom. The van der Waals surface area contributed by atoms with Gasteiger partial charge >= 0.3 is 0 Å². The molecular weight excluding hydrogens is 248 g/mol. The lowest BCUT2D eigenvalue weighted by Gasteiger charge is -2.25. The predicted octanol–water partition coefficient (Wildman–Crippen LogP) is 2.36. The number of rotatable bonds is 4. The van der Waals surface area contributed by atoms with Crippen LogP contribution in [0.25, 0.3) is 0 Å². The van der Waals surface area contributed by atoms with Crippen molar-refractivity contribution in [3.05, 3.63) is 35.4 Å². The first-order chi connectivity index (χ1) is 9.83.